The van der Waals surface area contributed by atoms with Crippen LogP contribution >= 0.6 is 0 Å². The Kier molecular flexibility index (Phi) is 6.02. The van der Waals surface area contributed by atoms with Gasteiger partial charge in [0.1, 0.15) is 0 Å². The normalized spacial score (nSPS) is 31.0. The topological polar surface area (TPSA) is 64.2 Å². The molecule has 21 heavy (non-hydrogen) atoms. The minimum Gasteiger partial charge on any atom is -0.393 e. The first kappa shape index (κ1) is 16.3. The number of nitriles is 1. The largest absolute Gasteiger partial charge is 0.393 e. The van der Waals surface area contributed by atoms with E-state index in [0.29, 0.717) is 24.2 Å². The van der Waals surface area contributed by atoms with Gasteiger partial charge in [0.2, 0.25) is 0 Å². The van der Waals surface area contributed by atoms with Crippen LogP contribution < -0.4 is 0 Å². The minimum absolute atomic E-state index is 0.106. The van der Waals surface area contributed by atoms with Gasteiger partial charge in [0.15, 0.2) is 0 Å². The maximum absolute atomic E-state index is 10.1. The Morgan fingerprint density at radius 1 is 1.38 bits per heavy atom. The first-order valence-corrected chi connectivity index (χ1v) is 8.23. The van der Waals surface area contributed by atoms with Crippen LogP contribution in [-0.2, 0) is 0 Å². The van der Waals surface area contributed by atoms with Crippen molar-refractivity contribution in [2.24, 2.45) is 17.8 Å². The van der Waals surface area contributed by atoms with Crippen molar-refractivity contribution in [3.8, 4) is 6.07 Å². The van der Waals surface area contributed by atoms with Crippen LogP contribution in [0.2, 0.25) is 0 Å². The molecule has 0 aromatic carbocycles. The summed E-state index contributed by atoms with van der Waals surface area (Å²) in [5.41, 5.74) is 1.49. The third-order valence-electron chi connectivity index (χ3n) is 5.02. The average Bonchev–Trinajstić information content (AvgIpc) is 2.46. The molecule has 0 aromatic heterocycles. The number of aliphatic hydroxyl groups excluding tert-OH is 2. The molecule has 0 aliphatic heterocycles. The van der Waals surface area contributed by atoms with Gasteiger partial charge in [0, 0.05) is 6.42 Å². The van der Waals surface area contributed by atoms with Crippen LogP contribution in [0.5, 0.6) is 0 Å². The Bertz CT molecular complexity index is 435. The van der Waals surface area contributed by atoms with E-state index in [-0.39, 0.29) is 6.42 Å². The predicted octanol–water partition coefficient (Wildman–Crippen LogP) is 3.34. The lowest BCUT2D eigenvalue weighted by molar-refractivity contribution is 0.0697. The molecule has 0 spiro atoms. The molecule has 2 N–H and O–H groups in total. The monoisotopic (exact) mass is 289 g/mol. The van der Waals surface area contributed by atoms with Gasteiger partial charge in [-0.3, -0.25) is 0 Å². The van der Waals surface area contributed by atoms with Crippen LogP contribution in [0, 0.1) is 29.1 Å². The maximum atomic E-state index is 10.1. The van der Waals surface area contributed by atoms with Crippen molar-refractivity contribution in [1.29, 1.82) is 5.26 Å². The van der Waals surface area contributed by atoms with E-state index < -0.39 is 12.2 Å². The van der Waals surface area contributed by atoms with Crippen molar-refractivity contribution < 1.29 is 10.2 Å². The summed E-state index contributed by atoms with van der Waals surface area (Å²) in [7, 11) is 0. The summed E-state index contributed by atoms with van der Waals surface area (Å²) in [5.74, 6) is 1.81. The van der Waals surface area contributed by atoms with Crippen LogP contribution in [0.15, 0.2) is 23.8 Å². The van der Waals surface area contributed by atoms with Gasteiger partial charge in [-0.1, -0.05) is 25.2 Å². The van der Waals surface area contributed by atoms with E-state index in [9.17, 15) is 10.2 Å². The Hall–Kier alpha value is -1.11. The third-order valence-corrected chi connectivity index (χ3v) is 5.02. The van der Waals surface area contributed by atoms with Crippen molar-refractivity contribution in [2.75, 3.05) is 0 Å². The lowest BCUT2D eigenvalue weighted by Gasteiger charge is -2.37. The highest BCUT2D eigenvalue weighted by Crippen LogP contribution is 2.42. The number of fused-ring (bicyclic) bond motifs is 1. The van der Waals surface area contributed by atoms with Gasteiger partial charge < -0.3 is 10.2 Å². The maximum Gasteiger partial charge on any atom is 0.0694 e. The first-order chi connectivity index (χ1) is 10.1. The van der Waals surface area contributed by atoms with Crippen LogP contribution in [0.25, 0.3) is 0 Å². The van der Waals surface area contributed by atoms with Gasteiger partial charge in [-0.15, -0.1) is 0 Å². The van der Waals surface area contributed by atoms with E-state index in [0.717, 1.165) is 12.8 Å². The van der Waals surface area contributed by atoms with Crippen molar-refractivity contribution in [3.63, 3.8) is 0 Å². The number of aliphatic hydroxyl groups is 2. The fourth-order valence-corrected chi connectivity index (χ4v) is 3.82. The highest BCUT2D eigenvalue weighted by molar-refractivity contribution is 5.28. The Balaban J connectivity index is 1.87. The summed E-state index contributed by atoms with van der Waals surface area (Å²) in [5, 5.41) is 28.2. The van der Waals surface area contributed by atoms with Gasteiger partial charge >= 0.3 is 0 Å². The molecule has 5 atom stereocenters. The second kappa shape index (κ2) is 7.77. The van der Waals surface area contributed by atoms with Crippen LogP contribution in [0.3, 0.4) is 0 Å². The Morgan fingerprint density at radius 2 is 2.19 bits per heavy atom. The number of rotatable bonds is 6. The van der Waals surface area contributed by atoms with Crippen LogP contribution in [0.1, 0.15) is 51.9 Å². The van der Waals surface area contributed by atoms with Crippen molar-refractivity contribution in [1.82, 2.24) is 0 Å². The SMILES string of the molecule is CC1C=CC2=CCCCC2[C@H]1CCC(O)CC(O)CC#N. The summed E-state index contributed by atoms with van der Waals surface area (Å²) >= 11 is 0. The van der Waals surface area contributed by atoms with Crippen molar-refractivity contribution >= 4 is 0 Å². The fraction of sp³-hybridized carbons (Fsp3) is 0.722. The summed E-state index contributed by atoms with van der Waals surface area (Å²) in [6.45, 7) is 2.27. The summed E-state index contributed by atoms with van der Waals surface area (Å²) in [4.78, 5) is 0. The predicted molar refractivity (Wildman–Crippen MR) is 83.3 cm³/mol. The first-order valence-electron chi connectivity index (χ1n) is 8.23. The number of nitrogens with zero attached hydrogens (tertiary/aromatic N) is 1. The molecule has 2 aliphatic rings. The molecule has 0 fully saturated rings. The quantitative estimate of drug-likeness (QED) is 0.788. The standard InChI is InChI=1S/C18H27NO2/c1-13-6-7-14-4-2-3-5-18(14)17(13)9-8-15(20)12-16(21)10-11-19/h4,6-7,13,15-18,20-21H,2-3,5,8-10,12H2,1H3/t13?,15?,16?,17-,18?/m0/s1. The molecule has 0 aromatic rings. The molecule has 3 heteroatoms. The molecule has 116 valence electrons. The third kappa shape index (κ3) is 4.43. The van der Waals surface area contributed by atoms with Crippen molar-refractivity contribution in [2.45, 2.75) is 64.1 Å². The number of allylic oxidation sites excluding steroid dienone is 4. The average molecular weight is 289 g/mol. The fourth-order valence-electron chi connectivity index (χ4n) is 3.82. The van der Waals surface area contributed by atoms with Crippen molar-refractivity contribution in [3.05, 3.63) is 23.8 Å². The van der Waals surface area contributed by atoms with E-state index in [2.05, 4.69) is 25.2 Å². The zero-order valence-corrected chi connectivity index (χ0v) is 12.9. The van der Waals surface area contributed by atoms with Crippen LogP contribution in [-0.4, -0.2) is 22.4 Å². The molecule has 0 radical (unpaired) electrons. The molecule has 0 saturated heterocycles. The molecule has 0 saturated carbocycles. The van der Waals surface area contributed by atoms with E-state index in [1.165, 1.54) is 24.8 Å². The summed E-state index contributed by atoms with van der Waals surface area (Å²) in [6, 6.07) is 1.94. The van der Waals surface area contributed by atoms with Gasteiger partial charge in [-0.2, -0.15) is 5.26 Å². The highest BCUT2D eigenvalue weighted by atomic mass is 16.3. The Labute approximate surface area is 128 Å². The van der Waals surface area contributed by atoms with E-state index >= 15 is 0 Å². The number of hydrogen-bond acceptors (Lipinski definition) is 3. The molecule has 2 aliphatic carbocycles. The molecule has 2 rings (SSSR count). The van der Waals surface area contributed by atoms with Gasteiger partial charge in [0.05, 0.1) is 24.7 Å². The smallest absolute Gasteiger partial charge is 0.0694 e. The molecule has 4 unspecified atom stereocenters. The van der Waals surface area contributed by atoms with Crippen LogP contribution in [0.4, 0.5) is 0 Å². The number of hydrogen-bond donors (Lipinski definition) is 2. The molecular weight excluding hydrogens is 262 g/mol. The highest BCUT2D eigenvalue weighted by Gasteiger charge is 2.32. The van der Waals surface area contributed by atoms with Gasteiger partial charge in [0.25, 0.3) is 0 Å². The van der Waals surface area contributed by atoms with E-state index in [1.807, 2.05) is 6.07 Å². The summed E-state index contributed by atoms with van der Waals surface area (Å²) in [6.07, 6.45) is 11.6. The molecule has 0 heterocycles. The molecular formula is C18H27NO2. The zero-order valence-electron chi connectivity index (χ0n) is 12.9. The minimum atomic E-state index is -0.696. The Morgan fingerprint density at radius 3 is 2.95 bits per heavy atom. The zero-order chi connectivity index (χ0) is 15.2. The lowest BCUT2D eigenvalue weighted by atomic mass is 9.68. The second-order valence-corrected chi connectivity index (χ2v) is 6.61. The lowest BCUT2D eigenvalue weighted by Crippen LogP contribution is -2.28. The van der Waals surface area contributed by atoms with E-state index in [1.54, 1.807) is 0 Å². The molecule has 3 nitrogen and oxygen atoms in total. The second-order valence-electron chi connectivity index (χ2n) is 6.61. The van der Waals surface area contributed by atoms with Gasteiger partial charge in [-0.05, 0) is 55.4 Å². The molecule has 0 bridgehead atoms. The molecule has 0 amide bonds. The van der Waals surface area contributed by atoms with Gasteiger partial charge in [-0.25, -0.2) is 0 Å². The summed E-state index contributed by atoms with van der Waals surface area (Å²) < 4.78 is 0. The van der Waals surface area contributed by atoms with E-state index in [4.69, 9.17) is 5.26 Å².